The van der Waals surface area contributed by atoms with Gasteiger partial charge in [0, 0.05) is 6.54 Å². The summed E-state index contributed by atoms with van der Waals surface area (Å²) in [5.41, 5.74) is 3.05. The summed E-state index contributed by atoms with van der Waals surface area (Å²) >= 11 is 0. The third-order valence-corrected chi connectivity index (χ3v) is 4.44. The molecule has 1 saturated heterocycles. The van der Waals surface area contributed by atoms with Crippen molar-refractivity contribution >= 4 is 0 Å². The molecule has 1 N–H and O–H groups in total. The van der Waals surface area contributed by atoms with Gasteiger partial charge < -0.3 is 5.32 Å². The van der Waals surface area contributed by atoms with Crippen LogP contribution in [0.25, 0.3) is 0 Å². The lowest BCUT2D eigenvalue weighted by atomic mass is 10.0. The first-order chi connectivity index (χ1) is 9.79. The molecule has 20 heavy (non-hydrogen) atoms. The zero-order valence-corrected chi connectivity index (χ0v) is 13.2. The van der Waals surface area contributed by atoms with Crippen LogP contribution in [0.1, 0.15) is 44.2 Å². The van der Waals surface area contributed by atoms with Gasteiger partial charge in [-0.2, -0.15) is 0 Å². The fraction of sp³-hybridized carbons (Fsp3) is 0.667. The monoisotopic (exact) mass is 274 g/mol. The van der Waals surface area contributed by atoms with E-state index in [9.17, 15) is 0 Å². The van der Waals surface area contributed by atoms with Crippen LogP contribution in [0.15, 0.2) is 24.3 Å². The molecule has 1 aliphatic rings. The zero-order chi connectivity index (χ0) is 14.2. The van der Waals surface area contributed by atoms with E-state index < -0.39 is 0 Å². The largest absolute Gasteiger partial charge is 0.317 e. The summed E-state index contributed by atoms with van der Waals surface area (Å²) in [5.74, 6) is 0.906. The molecule has 0 radical (unpaired) electrons. The molecule has 0 aromatic heterocycles. The number of nitrogens with one attached hydrogen (secondary N) is 1. The van der Waals surface area contributed by atoms with E-state index >= 15 is 0 Å². The van der Waals surface area contributed by atoms with Crippen LogP contribution in [-0.2, 0) is 13.0 Å². The summed E-state index contributed by atoms with van der Waals surface area (Å²) in [6, 6.07) is 8.98. The quantitative estimate of drug-likeness (QED) is 0.799. The summed E-state index contributed by atoms with van der Waals surface area (Å²) < 4.78 is 0. The van der Waals surface area contributed by atoms with Crippen LogP contribution < -0.4 is 5.32 Å². The summed E-state index contributed by atoms with van der Waals surface area (Å²) in [4.78, 5) is 2.65. The summed E-state index contributed by atoms with van der Waals surface area (Å²) in [6.45, 7) is 10.4. The van der Waals surface area contributed by atoms with Crippen molar-refractivity contribution in [2.75, 3.05) is 26.2 Å². The number of nitrogens with zero attached hydrogens (tertiary/aromatic N) is 1. The van der Waals surface area contributed by atoms with E-state index in [1.54, 1.807) is 0 Å². The fourth-order valence-corrected chi connectivity index (χ4v) is 3.08. The molecule has 0 amide bonds. The van der Waals surface area contributed by atoms with E-state index in [1.807, 2.05) is 0 Å². The second-order valence-corrected chi connectivity index (χ2v) is 6.18. The van der Waals surface area contributed by atoms with Crippen LogP contribution >= 0.6 is 0 Å². The van der Waals surface area contributed by atoms with Gasteiger partial charge in [0.25, 0.3) is 0 Å². The summed E-state index contributed by atoms with van der Waals surface area (Å²) in [6.07, 6.45) is 5.27. The van der Waals surface area contributed by atoms with Crippen LogP contribution in [0, 0.1) is 5.92 Å². The smallest absolute Gasteiger partial charge is 0.0236 e. The Balaban J connectivity index is 1.93. The van der Waals surface area contributed by atoms with Crippen molar-refractivity contribution in [3.05, 3.63) is 35.4 Å². The maximum absolute atomic E-state index is 3.43. The molecule has 1 fully saturated rings. The first-order valence-electron chi connectivity index (χ1n) is 8.29. The van der Waals surface area contributed by atoms with Crippen molar-refractivity contribution < 1.29 is 0 Å². The topological polar surface area (TPSA) is 15.3 Å². The van der Waals surface area contributed by atoms with Crippen LogP contribution in [0.2, 0.25) is 0 Å². The molecule has 2 rings (SSSR count). The Morgan fingerprint density at radius 1 is 1.15 bits per heavy atom. The van der Waals surface area contributed by atoms with Crippen LogP contribution in [0.4, 0.5) is 0 Å². The van der Waals surface area contributed by atoms with Gasteiger partial charge in [-0.05, 0) is 68.9 Å². The molecule has 2 nitrogen and oxygen atoms in total. The highest BCUT2D eigenvalue weighted by atomic mass is 15.1. The zero-order valence-electron chi connectivity index (χ0n) is 13.2. The Morgan fingerprint density at radius 3 is 2.75 bits per heavy atom. The maximum atomic E-state index is 3.43. The number of benzene rings is 1. The Labute approximate surface area is 124 Å². The normalized spacial score (nSPS) is 20.8. The molecule has 0 saturated carbocycles. The molecule has 1 aliphatic heterocycles. The van der Waals surface area contributed by atoms with Gasteiger partial charge in [-0.25, -0.2) is 0 Å². The van der Waals surface area contributed by atoms with Crippen molar-refractivity contribution in [3.63, 3.8) is 0 Å². The predicted octanol–water partition coefficient (Wildman–Crippen LogP) is 3.46. The van der Waals surface area contributed by atoms with Crippen LogP contribution in [-0.4, -0.2) is 31.1 Å². The predicted molar refractivity (Wildman–Crippen MR) is 87.0 cm³/mol. The average molecular weight is 274 g/mol. The minimum atomic E-state index is 0.906. The minimum absolute atomic E-state index is 0.906. The molecule has 1 heterocycles. The molecule has 0 spiro atoms. The van der Waals surface area contributed by atoms with Crippen molar-refractivity contribution in [2.24, 2.45) is 5.92 Å². The van der Waals surface area contributed by atoms with Crippen molar-refractivity contribution in [2.45, 2.75) is 46.1 Å². The number of likely N-dealkylation sites (tertiary alicyclic amines) is 1. The number of likely N-dealkylation sites (N-methyl/N-ethyl adjacent to an activating group) is 1. The van der Waals surface area contributed by atoms with E-state index in [1.165, 1.54) is 43.5 Å². The molecular weight excluding hydrogens is 244 g/mol. The van der Waals surface area contributed by atoms with E-state index in [0.29, 0.717) is 0 Å². The summed E-state index contributed by atoms with van der Waals surface area (Å²) in [5, 5.41) is 3.43. The Hall–Kier alpha value is -0.860. The minimum Gasteiger partial charge on any atom is -0.317 e. The van der Waals surface area contributed by atoms with Gasteiger partial charge >= 0.3 is 0 Å². The third-order valence-electron chi connectivity index (χ3n) is 4.44. The summed E-state index contributed by atoms with van der Waals surface area (Å²) in [7, 11) is 0. The van der Waals surface area contributed by atoms with E-state index in [-0.39, 0.29) is 0 Å². The van der Waals surface area contributed by atoms with Gasteiger partial charge in [0.15, 0.2) is 0 Å². The SMILES string of the molecule is CCNCCc1ccccc1CN1CCCC(C)CC1. The molecule has 2 heteroatoms. The standard InChI is InChI=1S/C18H30N2/c1-3-19-12-10-17-8-4-5-9-18(17)15-20-13-6-7-16(2)11-14-20/h4-5,8-9,16,19H,3,6-7,10-15H2,1-2H3. The molecule has 0 aliphatic carbocycles. The third kappa shape index (κ3) is 4.92. The van der Waals surface area contributed by atoms with Gasteiger partial charge in [0.1, 0.15) is 0 Å². The first-order valence-corrected chi connectivity index (χ1v) is 8.29. The molecule has 112 valence electrons. The Bertz CT molecular complexity index is 389. The maximum Gasteiger partial charge on any atom is 0.0236 e. The lowest BCUT2D eigenvalue weighted by molar-refractivity contribution is 0.273. The fourth-order valence-electron chi connectivity index (χ4n) is 3.08. The number of hydrogen-bond donors (Lipinski definition) is 1. The molecule has 1 unspecified atom stereocenters. The molecule has 1 atom stereocenters. The van der Waals surface area contributed by atoms with E-state index in [4.69, 9.17) is 0 Å². The van der Waals surface area contributed by atoms with Gasteiger partial charge in [0.2, 0.25) is 0 Å². The lowest BCUT2D eigenvalue weighted by Gasteiger charge is -2.21. The van der Waals surface area contributed by atoms with Crippen LogP contribution in [0.3, 0.4) is 0 Å². The number of rotatable bonds is 6. The van der Waals surface area contributed by atoms with E-state index in [2.05, 4.69) is 48.3 Å². The highest BCUT2D eigenvalue weighted by Gasteiger charge is 2.14. The lowest BCUT2D eigenvalue weighted by Crippen LogP contribution is -2.25. The number of hydrogen-bond acceptors (Lipinski definition) is 2. The Morgan fingerprint density at radius 2 is 1.95 bits per heavy atom. The highest BCUT2D eigenvalue weighted by Crippen LogP contribution is 2.19. The van der Waals surface area contributed by atoms with Crippen LogP contribution in [0.5, 0.6) is 0 Å². The second-order valence-electron chi connectivity index (χ2n) is 6.18. The molecule has 0 bridgehead atoms. The van der Waals surface area contributed by atoms with Gasteiger partial charge in [-0.15, -0.1) is 0 Å². The van der Waals surface area contributed by atoms with Gasteiger partial charge in [-0.3, -0.25) is 4.90 Å². The molecule has 1 aromatic carbocycles. The Kier molecular flexibility index (Phi) is 6.55. The van der Waals surface area contributed by atoms with Gasteiger partial charge in [0.05, 0.1) is 0 Å². The van der Waals surface area contributed by atoms with Crippen molar-refractivity contribution in [1.29, 1.82) is 0 Å². The first kappa shape index (κ1) is 15.5. The second kappa shape index (κ2) is 8.43. The average Bonchev–Trinajstić information content (AvgIpc) is 2.66. The van der Waals surface area contributed by atoms with E-state index in [0.717, 1.165) is 32.0 Å². The van der Waals surface area contributed by atoms with Crippen molar-refractivity contribution in [1.82, 2.24) is 10.2 Å². The van der Waals surface area contributed by atoms with Crippen molar-refractivity contribution in [3.8, 4) is 0 Å². The highest BCUT2D eigenvalue weighted by molar-refractivity contribution is 5.27. The molecular formula is C18H30N2. The van der Waals surface area contributed by atoms with Gasteiger partial charge in [-0.1, -0.05) is 38.1 Å². The molecule has 1 aromatic rings.